The first-order chi connectivity index (χ1) is 6.75. The van der Waals surface area contributed by atoms with Crippen molar-refractivity contribution in [2.45, 2.75) is 12.8 Å². The lowest BCUT2D eigenvalue weighted by atomic mass is 10.3. The van der Waals surface area contributed by atoms with Crippen molar-refractivity contribution in [3.63, 3.8) is 0 Å². The minimum atomic E-state index is -0.649. The quantitative estimate of drug-likeness (QED) is 0.584. The molecular formula is C10H11BrF2O. The maximum absolute atomic E-state index is 13.0. The number of alkyl halides is 1. The highest BCUT2D eigenvalue weighted by molar-refractivity contribution is 9.09. The monoisotopic (exact) mass is 264 g/mol. The van der Waals surface area contributed by atoms with Crippen LogP contribution < -0.4 is 4.74 Å². The Labute approximate surface area is 90.2 Å². The number of ether oxygens (including phenoxy) is 1. The number of benzene rings is 1. The summed E-state index contributed by atoms with van der Waals surface area (Å²) in [6, 6.07) is 3.68. The third-order valence-electron chi connectivity index (χ3n) is 1.69. The zero-order valence-corrected chi connectivity index (χ0v) is 9.19. The van der Waals surface area contributed by atoms with Gasteiger partial charge in [-0.3, -0.25) is 0 Å². The first kappa shape index (κ1) is 11.4. The molecule has 0 radical (unpaired) electrons. The minimum Gasteiger partial charge on any atom is -0.488 e. The Bertz CT molecular complexity index is 271. The van der Waals surface area contributed by atoms with Crippen LogP contribution in [-0.2, 0) is 0 Å². The van der Waals surface area contributed by atoms with Gasteiger partial charge < -0.3 is 4.74 Å². The Balaban J connectivity index is 2.49. The zero-order chi connectivity index (χ0) is 10.4. The van der Waals surface area contributed by atoms with Gasteiger partial charge in [0.05, 0.1) is 6.61 Å². The normalized spacial score (nSPS) is 10.2. The summed E-state index contributed by atoms with van der Waals surface area (Å²) in [5, 5.41) is 0.871. The molecule has 0 aliphatic rings. The molecule has 1 rings (SSSR count). The first-order valence-electron chi connectivity index (χ1n) is 4.38. The molecule has 0 spiro atoms. The number of hydrogen-bond acceptors (Lipinski definition) is 1. The average Bonchev–Trinajstić information content (AvgIpc) is 2.16. The van der Waals surface area contributed by atoms with Crippen LogP contribution in [0.5, 0.6) is 5.75 Å². The van der Waals surface area contributed by atoms with Crippen LogP contribution >= 0.6 is 15.9 Å². The fourth-order valence-corrected chi connectivity index (χ4v) is 1.39. The summed E-state index contributed by atoms with van der Waals surface area (Å²) in [7, 11) is 0. The third kappa shape index (κ3) is 3.25. The van der Waals surface area contributed by atoms with Crippen molar-refractivity contribution in [2.24, 2.45) is 0 Å². The van der Waals surface area contributed by atoms with Gasteiger partial charge in [0.2, 0.25) is 0 Å². The molecule has 0 bridgehead atoms. The molecule has 78 valence electrons. The van der Waals surface area contributed by atoms with Crippen molar-refractivity contribution in [1.29, 1.82) is 0 Å². The third-order valence-corrected chi connectivity index (χ3v) is 2.25. The second kappa shape index (κ2) is 5.96. The molecule has 0 aromatic heterocycles. The summed E-state index contributed by atoms with van der Waals surface area (Å²) in [6.45, 7) is 0.337. The molecule has 0 aliphatic carbocycles. The van der Waals surface area contributed by atoms with E-state index in [4.69, 9.17) is 4.74 Å². The Morgan fingerprint density at radius 3 is 2.36 bits per heavy atom. The van der Waals surface area contributed by atoms with E-state index < -0.39 is 11.6 Å². The molecule has 0 amide bonds. The molecular weight excluding hydrogens is 254 g/mol. The highest BCUT2D eigenvalue weighted by atomic mass is 79.9. The van der Waals surface area contributed by atoms with Gasteiger partial charge >= 0.3 is 0 Å². The Morgan fingerprint density at radius 2 is 1.79 bits per heavy atom. The van der Waals surface area contributed by atoms with Crippen molar-refractivity contribution < 1.29 is 13.5 Å². The van der Waals surface area contributed by atoms with Crippen molar-refractivity contribution in [3.8, 4) is 5.75 Å². The lowest BCUT2D eigenvalue weighted by Gasteiger charge is -2.06. The van der Waals surface area contributed by atoms with Crippen LogP contribution in [0.15, 0.2) is 18.2 Å². The molecule has 1 aromatic rings. The molecule has 4 heteroatoms. The van der Waals surface area contributed by atoms with Crippen LogP contribution in [0.2, 0.25) is 0 Å². The lowest BCUT2D eigenvalue weighted by Crippen LogP contribution is -2.01. The van der Waals surface area contributed by atoms with Gasteiger partial charge in [0.15, 0.2) is 17.4 Å². The van der Waals surface area contributed by atoms with Crippen molar-refractivity contribution in [1.82, 2.24) is 0 Å². The maximum Gasteiger partial charge on any atom is 0.190 e. The number of halogens is 3. The molecule has 0 saturated carbocycles. The predicted molar refractivity (Wildman–Crippen MR) is 54.9 cm³/mol. The molecule has 0 aliphatic heterocycles. The fourth-order valence-electron chi connectivity index (χ4n) is 0.991. The van der Waals surface area contributed by atoms with Gasteiger partial charge in [-0.15, -0.1) is 0 Å². The SMILES string of the molecule is Fc1cccc(F)c1OCCCCBr. The van der Waals surface area contributed by atoms with Gasteiger partial charge in [-0.2, -0.15) is 0 Å². The molecule has 0 unspecified atom stereocenters. The van der Waals surface area contributed by atoms with Crippen LogP contribution in [0, 0.1) is 11.6 Å². The van der Waals surface area contributed by atoms with Gasteiger partial charge in [-0.05, 0) is 25.0 Å². The molecule has 0 heterocycles. The highest BCUT2D eigenvalue weighted by Crippen LogP contribution is 2.20. The molecule has 1 aromatic carbocycles. The van der Waals surface area contributed by atoms with E-state index in [1.807, 2.05) is 0 Å². The van der Waals surface area contributed by atoms with Crippen molar-refractivity contribution in [3.05, 3.63) is 29.8 Å². The lowest BCUT2D eigenvalue weighted by molar-refractivity contribution is 0.279. The van der Waals surface area contributed by atoms with Gasteiger partial charge in [-0.1, -0.05) is 22.0 Å². The summed E-state index contributed by atoms with van der Waals surface area (Å²) in [5.41, 5.74) is 0. The van der Waals surface area contributed by atoms with E-state index in [1.165, 1.54) is 18.2 Å². The predicted octanol–water partition coefficient (Wildman–Crippen LogP) is 3.52. The number of rotatable bonds is 5. The standard InChI is InChI=1S/C10H11BrF2O/c11-6-1-2-7-14-10-8(12)4-3-5-9(10)13/h3-5H,1-2,6-7H2. The molecule has 0 atom stereocenters. The van der Waals surface area contributed by atoms with Crippen molar-refractivity contribution >= 4 is 15.9 Å². The summed E-state index contributed by atoms with van der Waals surface area (Å²) < 4.78 is 31.0. The van der Waals surface area contributed by atoms with Crippen LogP contribution in [-0.4, -0.2) is 11.9 Å². The Kier molecular flexibility index (Phi) is 4.87. The van der Waals surface area contributed by atoms with E-state index >= 15 is 0 Å². The van der Waals surface area contributed by atoms with Crippen molar-refractivity contribution in [2.75, 3.05) is 11.9 Å². The molecule has 14 heavy (non-hydrogen) atoms. The van der Waals surface area contributed by atoms with E-state index in [1.54, 1.807) is 0 Å². The first-order valence-corrected chi connectivity index (χ1v) is 5.50. The molecule has 0 saturated heterocycles. The Morgan fingerprint density at radius 1 is 1.14 bits per heavy atom. The number of unbranched alkanes of at least 4 members (excludes halogenated alkanes) is 1. The minimum absolute atomic E-state index is 0.276. The second-order valence-electron chi connectivity index (χ2n) is 2.80. The number of hydrogen-bond donors (Lipinski definition) is 0. The van der Waals surface area contributed by atoms with Crippen LogP contribution in [0.25, 0.3) is 0 Å². The van der Waals surface area contributed by atoms with Crippen LogP contribution in [0.1, 0.15) is 12.8 Å². The van der Waals surface area contributed by atoms with E-state index in [2.05, 4.69) is 15.9 Å². The van der Waals surface area contributed by atoms with Crippen LogP contribution in [0.4, 0.5) is 8.78 Å². The topological polar surface area (TPSA) is 9.23 Å². The van der Waals surface area contributed by atoms with Gasteiger partial charge in [0, 0.05) is 5.33 Å². The van der Waals surface area contributed by atoms with Gasteiger partial charge in [-0.25, -0.2) is 8.78 Å². The van der Waals surface area contributed by atoms with E-state index in [9.17, 15) is 8.78 Å². The number of para-hydroxylation sites is 1. The summed E-state index contributed by atoms with van der Waals surface area (Å²) >= 11 is 3.26. The van der Waals surface area contributed by atoms with Gasteiger partial charge in [0.25, 0.3) is 0 Å². The van der Waals surface area contributed by atoms with Gasteiger partial charge in [0.1, 0.15) is 0 Å². The maximum atomic E-state index is 13.0. The van der Waals surface area contributed by atoms with E-state index in [0.29, 0.717) is 6.61 Å². The van der Waals surface area contributed by atoms with Crippen LogP contribution in [0.3, 0.4) is 0 Å². The Hall–Kier alpha value is -0.640. The molecule has 0 fully saturated rings. The summed E-state index contributed by atoms with van der Waals surface area (Å²) in [5.74, 6) is -1.57. The smallest absolute Gasteiger partial charge is 0.190 e. The largest absolute Gasteiger partial charge is 0.488 e. The van der Waals surface area contributed by atoms with E-state index in [-0.39, 0.29) is 5.75 Å². The van der Waals surface area contributed by atoms with E-state index in [0.717, 1.165) is 18.2 Å². The average molecular weight is 265 g/mol. The highest BCUT2D eigenvalue weighted by Gasteiger charge is 2.08. The summed E-state index contributed by atoms with van der Waals surface area (Å²) in [4.78, 5) is 0. The zero-order valence-electron chi connectivity index (χ0n) is 7.60. The summed E-state index contributed by atoms with van der Waals surface area (Å²) in [6.07, 6.45) is 1.70. The molecule has 1 nitrogen and oxygen atoms in total. The fraction of sp³-hybridized carbons (Fsp3) is 0.400. The second-order valence-corrected chi connectivity index (χ2v) is 3.59. The molecule has 0 N–H and O–H groups in total.